The van der Waals surface area contributed by atoms with Crippen LogP contribution in [0.5, 0.6) is 0 Å². The van der Waals surface area contributed by atoms with Crippen LogP contribution >= 0.6 is 11.5 Å². The van der Waals surface area contributed by atoms with Crippen LogP contribution in [-0.2, 0) is 16.8 Å². The quantitative estimate of drug-likeness (QED) is 0.129. The van der Waals surface area contributed by atoms with Crippen LogP contribution in [0, 0.1) is 17.0 Å². The number of nitrogens with zero attached hydrogens (tertiary/aromatic N) is 5. The van der Waals surface area contributed by atoms with E-state index in [-0.39, 0.29) is 16.3 Å². The van der Waals surface area contributed by atoms with Crippen molar-refractivity contribution in [3.8, 4) is 0 Å². The van der Waals surface area contributed by atoms with Crippen LogP contribution in [0.4, 0.5) is 26.6 Å². The number of halogens is 1. The molecule has 9 nitrogen and oxygen atoms in total. The smallest absolute Gasteiger partial charge is 0.332 e. The normalized spacial score (nSPS) is 11.9. The second-order valence-corrected chi connectivity index (χ2v) is 9.52. The van der Waals surface area contributed by atoms with E-state index in [1.165, 1.54) is 29.7 Å². The molecule has 0 aliphatic carbocycles. The van der Waals surface area contributed by atoms with Gasteiger partial charge in [-0.15, -0.1) is 9.00 Å². The Morgan fingerprint density at radius 1 is 1.12 bits per heavy atom. The summed E-state index contributed by atoms with van der Waals surface area (Å²) in [5, 5.41) is 22.2. The van der Waals surface area contributed by atoms with Gasteiger partial charge in [-0.05, 0) is 66.0 Å². The van der Waals surface area contributed by atoms with Crippen molar-refractivity contribution in [3.63, 3.8) is 0 Å². The minimum atomic E-state index is -4.73. The highest BCUT2D eigenvalue weighted by molar-refractivity contribution is 7.86. The Balaban J connectivity index is 1.55. The lowest BCUT2D eigenvalue weighted by Gasteiger charge is -2.20. The van der Waals surface area contributed by atoms with E-state index in [1.54, 1.807) is 29.6 Å². The number of azo groups is 1. The van der Waals surface area contributed by atoms with Crippen molar-refractivity contribution in [2.45, 2.75) is 18.4 Å². The zero-order chi connectivity index (χ0) is 24.5. The molecule has 1 aromatic heterocycles. The topological polar surface area (TPSA) is 118 Å². The highest BCUT2D eigenvalue weighted by Crippen LogP contribution is 2.37. The lowest BCUT2D eigenvalue weighted by Crippen LogP contribution is -2.16. The Hall–Kier alpha value is -3.77. The molecular formula is C22H18FN5O4S2. The van der Waals surface area contributed by atoms with Gasteiger partial charge in [0.1, 0.15) is 0 Å². The van der Waals surface area contributed by atoms with Gasteiger partial charge in [-0.2, -0.15) is 17.9 Å². The molecule has 4 aromatic rings. The summed E-state index contributed by atoms with van der Waals surface area (Å²) in [5.74, 6) is 0. The molecule has 0 bridgehead atoms. The maximum Gasteiger partial charge on any atom is 0.332 e. The van der Waals surface area contributed by atoms with E-state index >= 15 is 0 Å². The summed E-state index contributed by atoms with van der Waals surface area (Å²) in [5.41, 5.74) is 3.69. The first-order chi connectivity index (χ1) is 16.1. The first-order valence-corrected chi connectivity index (χ1v) is 12.1. The molecule has 0 saturated heterocycles. The molecule has 0 aliphatic rings. The van der Waals surface area contributed by atoms with Crippen LogP contribution in [0.3, 0.4) is 0 Å². The van der Waals surface area contributed by atoms with Gasteiger partial charge < -0.3 is 4.90 Å². The van der Waals surface area contributed by atoms with Crippen molar-refractivity contribution in [2.24, 2.45) is 10.2 Å². The van der Waals surface area contributed by atoms with Gasteiger partial charge in [0, 0.05) is 36.1 Å². The summed E-state index contributed by atoms with van der Waals surface area (Å²) in [6, 6.07) is 14.0. The second kappa shape index (κ2) is 9.23. The second-order valence-electron chi connectivity index (χ2n) is 7.55. The summed E-state index contributed by atoms with van der Waals surface area (Å²) in [6.45, 7) is 2.32. The number of rotatable bonds is 7. The van der Waals surface area contributed by atoms with Gasteiger partial charge in [0.05, 0.1) is 21.0 Å². The minimum absolute atomic E-state index is 0.142. The number of aryl methyl sites for hydroxylation is 1. The fourth-order valence-corrected chi connectivity index (χ4v) is 4.51. The molecule has 0 atom stereocenters. The van der Waals surface area contributed by atoms with Crippen molar-refractivity contribution in [2.75, 3.05) is 11.9 Å². The number of nitro benzene ring substituents is 1. The zero-order valence-electron chi connectivity index (χ0n) is 18.0. The van der Waals surface area contributed by atoms with Gasteiger partial charge in [0.25, 0.3) is 5.69 Å². The van der Waals surface area contributed by atoms with Crippen molar-refractivity contribution < 1.29 is 17.2 Å². The highest BCUT2D eigenvalue weighted by atomic mass is 32.3. The molecule has 3 aromatic carbocycles. The van der Waals surface area contributed by atoms with Crippen molar-refractivity contribution in [1.29, 1.82) is 0 Å². The Labute approximate surface area is 198 Å². The fraction of sp³-hybridized carbons (Fsp3) is 0.136. The molecule has 4 rings (SSSR count). The standard InChI is InChI=1S/C22H18FN5O4S2/c1-14-11-16(27(2)12-15-3-6-17(7-4-15)34(23,31)32)5-8-19(14)24-25-22-18-13-33-26-20(18)9-10-21(22)28(29)30/h3-11,13H,12H2,1-2H3. The SMILES string of the molecule is Cc1cc(N(C)Cc2ccc(S(=O)(=O)F)cc2)ccc1N=Nc1c([N+](=O)[O-])ccc2nscc12. The number of hydrogen-bond donors (Lipinski definition) is 0. The maximum absolute atomic E-state index is 13.1. The predicted octanol–water partition coefficient (Wildman–Crippen LogP) is 6.22. The number of hydrogen-bond acceptors (Lipinski definition) is 9. The predicted molar refractivity (Wildman–Crippen MR) is 128 cm³/mol. The third-order valence-corrected chi connectivity index (χ3v) is 6.67. The molecule has 0 radical (unpaired) electrons. The van der Waals surface area contributed by atoms with Crippen molar-refractivity contribution >= 4 is 55.4 Å². The largest absolute Gasteiger partial charge is 0.370 e. The van der Waals surface area contributed by atoms with Gasteiger partial charge in [-0.3, -0.25) is 10.1 Å². The maximum atomic E-state index is 13.1. The molecular weight excluding hydrogens is 481 g/mol. The molecule has 0 amide bonds. The lowest BCUT2D eigenvalue weighted by molar-refractivity contribution is -0.384. The summed E-state index contributed by atoms with van der Waals surface area (Å²) < 4.78 is 39.2. The molecule has 0 N–H and O–H groups in total. The van der Waals surface area contributed by atoms with Crippen LogP contribution in [-0.4, -0.2) is 24.8 Å². The lowest BCUT2D eigenvalue weighted by atomic mass is 10.1. The number of fused-ring (bicyclic) bond motifs is 1. The van der Waals surface area contributed by atoms with Crippen LogP contribution in [0.15, 0.2) is 75.1 Å². The molecule has 1 heterocycles. The van der Waals surface area contributed by atoms with Gasteiger partial charge >= 0.3 is 10.2 Å². The van der Waals surface area contributed by atoms with Crippen LogP contribution < -0.4 is 4.90 Å². The van der Waals surface area contributed by atoms with Crippen LogP contribution in [0.2, 0.25) is 0 Å². The summed E-state index contributed by atoms with van der Waals surface area (Å²) in [7, 11) is -2.86. The van der Waals surface area contributed by atoms with Crippen LogP contribution in [0.1, 0.15) is 11.1 Å². The Morgan fingerprint density at radius 2 is 1.85 bits per heavy atom. The highest BCUT2D eigenvalue weighted by Gasteiger charge is 2.18. The molecule has 12 heteroatoms. The fourth-order valence-electron chi connectivity index (χ4n) is 3.39. The Kier molecular flexibility index (Phi) is 6.35. The first-order valence-electron chi connectivity index (χ1n) is 9.92. The van der Waals surface area contributed by atoms with Gasteiger partial charge in [0.15, 0.2) is 5.69 Å². The van der Waals surface area contributed by atoms with Gasteiger partial charge in [-0.25, -0.2) is 0 Å². The van der Waals surface area contributed by atoms with E-state index in [2.05, 4.69) is 14.6 Å². The summed E-state index contributed by atoms with van der Waals surface area (Å²) in [6.07, 6.45) is 0. The van der Waals surface area contributed by atoms with E-state index < -0.39 is 15.1 Å². The molecule has 0 aliphatic heterocycles. The van der Waals surface area contributed by atoms with Crippen molar-refractivity contribution in [1.82, 2.24) is 4.37 Å². The number of nitro groups is 1. The first kappa shape index (κ1) is 23.4. The minimum Gasteiger partial charge on any atom is -0.370 e. The molecule has 0 fully saturated rings. The molecule has 0 unspecified atom stereocenters. The Morgan fingerprint density at radius 3 is 2.50 bits per heavy atom. The number of aromatic nitrogens is 1. The third kappa shape index (κ3) is 4.92. The van der Waals surface area contributed by atoms with Crippen LogP contribution in [0.25, 0.3) is 10.9 Å². The van der Waals surface area contributed by atoms with E-state index in [0.29, 0.717) is 23.1 Å². The zero-order valence-corrected chi connectivity index (χ0v) is 19.7. The van der Waals surface area contributed by atoms with E-state index in [4.69, 9.17) is 0 Å². The summed E-state index contributed by atoms with van der Waals surface area (Å²) in [4.78, 5) is 12.5. The van der Waals surface area contributed by atoms with E-state index in [9.17, 15) is 22.4 Å². The van der Waals surface area contributed by atoms with E-state index in [1.807, 2.05) is 31.0 Å². The Bertz CT molecular complexity index is 1520. The number of benzene rings is 3. The number of anilines is 1. The molecule has 0 spiro atoms. The van der Waals surface area contributed by atoms with Gasteiger partial charge in [-0.1, -0.05) is 12.1 Å². The summed E-state index contributed by atoms with van der Waals surface area (Å²) >= 11 is 1.19. The van der Waals surface area contributed by atoms with Crippen molar-refractivity contribution in [3.05, 3.63) is 81.2 Å². The molecule has 0 saturated carbocycles. The van der Waals surface area contributed by atoms with E-state index in [0.717, 1.165) is 16.8 Å². The average Bonchev–Trinajstić information content (AvgIpc) is 3.27. The average molecular weight is 500 g/mol. The third-order valence-electron chi connectivity index (χ3n) is 5.19. The van der Waals surface area contributed by atoms with Gasteiger partial charge in [0.2, 0.25) is 0 Å². The molecule has 174 valence electrons. The molecule has 34 heavy (non-hydrogen) atoms. The monoisotopic (exact) mass is 499 g/mol.